The zero-order valence-corrected chi connectivity index (χ0v) is 19.4. The normalized spacial score (nSPS) is 15.7. The lowest BCUT2D eigenvalue weighted by atomic mass is 10.1. The molecule has 2 heterocycles. The van der Waals surface area contributed by atoms with Crippen LogP contribution in [0.2, 0.25) is 0 Å². The van der Waals surface area contributed by atoms with E-state index in [1.165, 1.54) is 0 Å². The quantitative estimate of drug-likeness (QED) is 0.551. The molecule has 3 aromatic rings. The molecule has 1 aliphatic rings. The molecule has 0 aliphatic carbocycles. The van der Waals surface area contributed by atoms with E-state index in [-0.39, 0.29) is 17.9 Å². The Balaban J connectivity index is 1.71. The average Bonchev–Trinajstić information content (AvgIpc) is 3.33. The smallest absolute Gasteiger partial charge is 0.225 e. The monoisotopic (exact) mass is 443 g/mol. The molecule has 1 aliphatic heterocycles. The third-order valence-corrected chi connectivity index (χ3v) is 6.03. The first-order valence-electron chi connectivity index (χ1n) is 11.3. The summed E-state index contributed by atoms with van der Waals surface area (Å²) >= 11 is 0. The Morgan fingerprint density at radius 3 is 2.67 bits per heavy atom. The highest BCUT2D eigenvalue weighted by atomic mass is 16.5. The number of methoxy groups -OCH3 is 1. The summed E-state index contributed by atoms with van der Waals surface area (Å²) in [7, 11) is 1.66. The molecule has 0 bridgehead atoms. The molecule has 1 saturated heterocycles. The highest BCUT2D eigenvalue weighted by Gasteiger charge is 2.33. The zero-order valence-electron chi connectivity index (χ0n) is 19.4. The van der Waals surface area contributed by atoms with Crippen LogP contribution >= 0.6 is 0 Å². The van der Waals surface area contributed by atoms with Gasteiger partial charge >= 0.3 is 0 Å². The molecule has 0 radical (unpaired) electrons. The van der Waals surface area contributed by atoms with E-state index in [1.54, 1.807) is 13.2 Å². The molecule has 1 fully saturated rings. The van der Waals surface area contributed by atoms with Crippen LogP contribution in [0.15, 0.2) is 48.5 Å². The Morgan fingerprint density at radius 1 is 1.21 bits per heavy atom. The van der Waals surface area contributed by atoms with Gasteiger partial charge in [-0.05, 0) is 30.7 Å². The van der Waals surface area contributed by atoms with Gasteiger partial charge in [0.25, 0.3) is 0 Å². The molecule has 0 N–H and O–H groups in total. The van der Waals surface area contributed by atoms with Gasteiger partial charge in [-0.3, -0.25) is 4.79 Å². The summed E-state index contributed by atoms with van der Waals surface area (Å²) < 4.78 is 5.26. The summed E-state index contributed by atoms with van der Waals surface area (Å²) in [5.41, 5.74) is 3.84. The summed E-state index contributed by atoms with van der Waals surface area (Å²) in [5.74, 6) is 0.862. The lowest BCUT2D eigenvalue weighted by Crippen LogP contribution is -2.45. The van der Waals surface area contributed by atoms with Crippen LogP contribution in [0.5, 0.6) is 0 Å². The number of hydrogen-bond acceptors (Lipinski definition) is 6. The van der Waals surface area contributed by atoms with Crippen molar-refractivity contribution in [3.05, 3.63) is 54.1 Å². The number of para-hydroxylation sites is 2. The predicted molar refractivity (Wildman–Crippen MR) is 129 cm³/mol. The number of fused-ring (bicyclic) bond motifs is 1. The fraction of sp³-hybridized carbons (Fsp3) is 0.385. The van der Waals surface area contributed by atoms with Gasteiger partial charge in [-0.2, -0.15) is 5.26 Å². The zero-order chi connectivity index (χ0) is 23.4. The van der Waals surface area contributed by atoms with E-state index in [2.05, 4.69) is 11.0 Å². The molecule has 1 amide bonds. The molecule has 1 atom stereocenters. The second kappa shape index (κ2) is 9.97. The van der Waals surface area contributed by atoms with Gasteiger partial charge in [0.1, 0.15) is 5.69 Å². The topological polar surface area (TPSA) is 82.3 Å². The van der Waals surface area contributed by atoms with Gasteiger partial charge in [0.15, 0.2) is 5.82 Å². The number of nitrogens with zero attached hydrogens (tertiary/aromatic N) is 5. The van der Waals surface area contributed by atoms with Crippen molar-refractivity contribution in [2.75, 3.05) is 38.3 Å². The van der Waals surface area contributed by atoms with Crippen molar-refractivity contribution in [3.63, 3.8) is 0 Å². The summed E-state index contributed by atoms with van der Waals surface area (Å²) in [6.07, 6.45) is 0.856. The highest BCUT2D eigenvalue weighted by molar-refractivity contribution is 5.84. The second-order valence-corrected chi connectivity index (χ2v) is 8.64. The number of nitriles is 1. The Kier molecular flexibility index (Phi) is 6.85. The summed E-state index contributed by atoms with van der Waals surface area (Å²) in [6.45, 7) is 6.41. The molecular weight excluding hydrogens is 414 g/mol. The van der Waals surface area contributed by atoms with Crippen LogP contribution in [-0.4, -0.2) is 60.2 Å². The molecule has 7 heteroatoms. The van der Waals surface area contributed by atoms with Crippen LogP contribution in [0, 0.1) is 17.2 Å². The number of anilines is 1. The van der Waals surface area contributed by atoms with Crippen LogP contribution < -0.4 is 4.90 Å². The molecule has 2 aromatic carbocycles. The largest absolute Gasteiger partial charge is 0.383 e. The SMILES string of the molecule is COCCN(C(=O)C(C)C)[C@H]1CCN(c2nc3ccccc3nc2-c2cccc(C#N)c2)C1. The first kappa shape index (κ1) is 22.7. The van der Waals surface area contributed by atoms with Gasteiger partial charge in [-0.15, -0.1) is 0 Å². The van der Waals surface area contributed by atoms with Crippen molar-refractivity contribution >= 4 is 22.8 Å². The lowest BCUT2D eigenvalue weighted by Gasteiger charge is -2.31. The number of carbonyl (C=O) groups is 1. The third kappa shape index (κ3) is 4.81. The van der Waals surface area contributed by atoms with Crippen molar-refractivity contribution in [2.45, 2.75) is 26.3 Å². The molecule has 0 saturated carbocycles. The van der Waals surface area contributed by atoms with Gasteiger partial charge in [0, 0.05) is 38.2 Å². The van der Waals surface area contributed by atoms with E-state index in [4.69, 9.17) is 14.7 Å². The molecule has 1 aromatic heterocycles. The van der Waals surface area contributed by atoms with Crippen molar-refractivity contribution in [1.82, 2.24) is 14.9 Å². The van der Waals surface area contributed by atoms with Gasteiger partial charge in [-0.1, -0.05) is 38.1 Å². The molecule has 7 nitrogen and oxygen atoms in total. The van der Waals surface area contributed by atoms with E-state index in [0.717, 1.165) is 41.1 Å². The van der Waals surface area contributed by atoms with E-state index >= 15 is 0 Å². The Bertz CT molecular complexity index is 1190. The van der Waals surface area contributed by atoms with E-state index in [1.807, 2.05) is 61.2 Å². The standard InChI is InChI=1S/C26H29N5O2/c1-18(2)26(32)31(13-14-33-3)21-11-12-30(17-21)25-24(20-8-6-7-19(15-20)16-27)28-22-9-4-5-10-23(22)29-25/h4-10,15,18,21H,11-14,17H2,1-3H3/t21-/m0/s1. The molecule has 0 unspecified atom stereocenters. The van der Waals surface area contributed by atoms with Crippen LogP contribution in [0.25, 0.3) is 22.3 Å². The fourth-order valence-electron chi connectivity index (χ4n) is 4.32. The van der Waals surface area contributed by atoms with Crippen molar-refractivity contribution < 1.29 is 9.53 Å². The predicted octanol–water partition coefficient (Wildman–Crippen LogP) is 3.88. The van der Waals surface area contributed by atoms with E-state index in [0.29, 0.717) is 25.3 Å². The summed E-state index contributed by atoms with van der Waals surface area (Å²) in [5, 5.41) is 9.38. The van der Waals surface area contributed by atoms with E-state index in [9.17, 15) is 10.1 Å². The number of rotatable bonds is 7. The molecule has 4 rings (SSSR count). The van der Waals surface area contributed by atoms with Crippen LogP contribution in [0.3, 0.4) is 0 Å². The maximum atomic E-state index is 12.9. The van der Waals surface area contributed by atoms with Gasteiger partial charge in [0.2, 0.25) is 5.91 Å². The number of benzene rings is 2. The van der Waals surface area contributed by atoms with Gasteiger partial charge < -0.3 is 14.5 Å². The highest BCUT2D eigenvalue weighted by Crippen LogP contribution is 2.33. The number of hydrogen-bond donors (Lipinski definition) is 0. The lowest BCUT2D eigenvalue weighted by molar-refractivity contribution is -0.137. The number of amides is 1. The Labute approximate surface area is 194 Å². The minimum absolute atomic E-state index is 0.0688. The second-order valence-electron chi connectivity index (χ2n) is 8.64. The minimum Gasteiger partial charge on any atom is -0.383 e. The first-order chi connectivity index (χ1) is 16.0. The Morgan fingerprint density at radius 2 is 1.97 bits per heavy atom. The molecule has 170 valence electrons. The molecule has 0 spiro atoms. The maximum Gasteiger partial charge on any atom is 0.225 e. The minimum atomic E-state index is -0.0688. The number of ether oxygens (including phenoxy) is 1. The average molecular weight is 444 g/mol. The van der Waals surface area contributed by atoms with E-state index < -0.39 is 0 Å². The van der Waals surface area contributed by atoms with Crippen LogP contribution in [0.1, 0.15) is 25.8 Å². The number of aromatic nitrogens is 2. The van der Waals surface area contributed by atoms with Gasteiger partial charge in [0.05, 0.1) is 35.3 Å². The first-order valence-corrected chi connectivity index (χ1v) is 11.3. The van der Waals surface area contributed by atoms with Crippen molar-refractivity contribution in [2.24, 2.45) is 5.92 Å². The van der Waals surface area contributed by atoms with Crippen molar-refractivity contribution in [1.29, 1.82) is 5.26 Å². The van der Waals surface area contributed by atoms with Crippen molar-refractivity contribution in [3.8, 4) is 17.3 Å². The summed E-state index contributed by atoms with van der Waals surface area (Å²) in [4.78, 5) is 27.0. The van der Waals surface area contributed by atoms with Crippen LogP contribution in [-0.2, 0) is 9.53 Å². The summed E-state index contributed by atoms with van der Waals surface area (Å²) in [6, 6.07) is 17.6. The third-order valence-electron chi connectivity index (χ3n) is 6.03. The molecular formula is C26H29N5O2. The molecule has 33 heavy (non-hydrogen) atoms. The Hall–Kier alpha value is -3.50. The number of carbonyl (C=O) groups excluding carboxylic acids is 1. The van der Waals surface area contributed by atoms with Gasteiger partial charge in [-0.25, -0.2) is 9.97 Å². The van der Waals surface area contributed by atoms with Crippen LogP contribution in [0.4, 0.5) is 5.82 Å². The maximum absolute atomic E-state index is 12.9. The fourth-order valence-corrected chi connectivity index (χ4v) is 4.32.